The molecule has 8 nitrogen and oxygen atoms in total. The van der Waals surface area contributed by atoms with Gasteiger partial charge in [0.25, 0.3) is 0 Å². The van der Waals surface area contributed by atoms with Gasteiger partial charge in [-0.3, -0.25) is 9.78 Å². The average Bonchev–Trinajstić information content (AvgIpc) is 3.49. The first-order chi connectivity index (χ1) is 19.1. The van der Waals surface area contributed by atoms with Gasteiger partial charge in [-0.25, -0.2) is 14.7 Å². The minimum absolute atomic E-state index is 0.234. The molecule has 40 heavy (non-hydrogen) atoms. The number of imide groups is 1. The lowest BCUT2D eigenvalue weighted by atomic mass is 9.73. The van der Waals surface area contributed by atoms with Crippen molar-refractivity contribution in [1.82, 2.24) is 19.9 Å². The Morgan fingerprint density at radius 2 is 1.82 bits per heavy atom. The third-order valence-corrected chi connectivity index (χ3v) is 7.55. The molecule has 1 aliphatic rings. The molecule has 3 heterocycles. The van der Waals surface area contributed by atoms with E-state index in [0.29, 0.717) is 30.5 Å². The van der Waals surface area contributed by atoms with Gasteiger partial charge in [-0.2, -0.15) is 0 Å². The molecule has 2 amide bonds. The number of H-pyrrole nitrogens is 1. The highest BCUT2D eigenvalue weighted by molar-refractivity contribution is 6.03. The number of hydrogen-bond acceptors (Lipinski definition) is 6. The van der Waals surface area contributed by atoms with Crippen molar-refractivity contribution in [3.63, 3.8) is 0 Å². The van der Waals surface area contributed by atoms with Crippen molar-refractivity contribution < 1.29 is 19.1 Å². The number of aromatic amines is 1. The summed E-state index contributed by atoms with van der Waals surface area (Å²) in [5.74, 6) is 1.39. The fourth-order valence-electron chi connectivity index (χ4n) is 5.59. The quantitative estimate of drug-likeness (QED) is 0.311. The van der Waals surface area contributed by atoms with Crippen LogP contribution in [-0.4, -0.2) is 51.1 Å². The van der Waals surface area contributed by atoms with Crippen LogP contribution in [0.15, 0.2) is 67.0 Å². The van der Waals surface area contributed by atoms with E-state index in [2.05, 4.69) is 29.0 Å². The molecule has 0 saturated carbocycles. The summed E-state index contributed by atoms with van der Waals surface area (Å²) in [4.78, 5) is 41.2. The molecule has 1 aliphatic heterocycles. The maximum atomic E-state index is 14.3. The average molecular weight is 541 g/mol. The zero-order valence-electron chi connectivity index (χ0n) is 23.7. The summed E-state index contributed by atoms with van der Waals surface area (Å²) in [7, 11) is 1.62. The standard InChI is InChI=1S/C32H36N4O4/c1-21(23-9-7-6-8-10-23)19-26-34-27-24(11-12-25(39-5)28(27)35-26)32(20-22-13-16-33-17-14-22)15-18-36(29(32)37)30(38)40-31(2,3)4/h6-14,16-17,21H,15,18-20H2,1-5H3,(H,34,35). The molecule has 0 spiro atoms. The number of amides is 2. The Bertz CT molecular complexity index is 1510. The molecule has 1 saturated heterocycles. The van der Waals surface area contributed by atoms with Gasteiger partial charge in [-0.05, 0) is 74.4 Å². The molecule has 2 unspecified atom stereocenters. The number of likely N-dealkylation sites (tertiary alicyclic amines) is 1. The summed E-state index contributed by atoms with van der Waals surface area (Å²) in [5, 5.41) is 0. The van der Waals surface area contributed by atoms with E-state index in [-0.39, 0.29) is 18.4 Å². The maximum Gasteiger partial charge on any atom is 0.417 e. The molecular weight excluding hydrogens is 504 g/mol. The van der Waals surface area contributed by atoms with E-state index in [0.717, 1.165) is 22.5 Å². The van der Waals surface area contributed by atoms with E-state index >= 15 is 0 Å². The van der Waals surface area contributed by atoms with Crippen molar-refractivity contribution in [3.05, 3.63) is 89.5 Å². The Hall–Kier alpha value is -4.20. The number of ether oxygens (including phenoxy) is 2. The molecule has 1 fully saturated rings. The highest BCUT2D eigenvalue weighted by atomic mass is 16.6. The molecule has 1 N–H and O–H groups in total. The third kappa shape index (κ3) is 5.30. The minimum atomic E-state index is -1.00. The summed E-state index contributed by atoms with van der Waals surface area (Å²) in [6.07, 6.45) is 4.36. The number of hydrogen-bond donors (Lipinski definition) is 1. The predicted molar refractivity (Wildman–Crippen MR) is 153 cm³/mol. The lowest BCUT2D eigenvalue weighted by Gasteiger charge is -2.29. The van der Waals surface area contributed by atoms with Crippen LogP contribution in [0.2, 0.25) is 0 Å². The first-order valence-corrected chi connectivity index (χ1v) is 13.7. The Morgan fingerprint density at radius 3 is 2.50 bits per heavy atom. The van der Waals surface area contributed by atoms with Gasteiger partial charge in [0.2, 0.25) is 5.91 Å². The Kier molecular flexibility index (Phi) is 7.36. The number of nitrogens with zero attached hydrogens (tertiary/aromatic N) is 3. The number of carbonyl (C=O) groups excluding carboxylic acids is 2. The molecule has 8 heteroatoms. The number of methoxy groups -OCH3 is 1. The fourth-order valence-corrected chi connectivity index (χ4v) is 5.59. The summed E-state index contributed by atoms with van der Waals surface area (Å²) < 4.78 is 11.3. The largest absolute Gasteiger partial charge is 0.494 e. The number of benzene rings is 2. The van der Waals surface area contributed by atoms with E-state index in [1.54, 1.807) is 40.3 Å². The second-order valence-corrected chi connectivity index (χ2v) is 11.5. The molecule has 4 aromatic rings. The Morgan fingerprint density at radius 1 is 1.10 bits per heavy atom. The van der Waals surface area contributed by atoms with E-state index in [9.17, 15) is 9.59 Å². The van der Waals surface area contributed by atoms with Crippen LogP contribution in [0.25, 0.3) is 11.0 Å². The van der Waals surface area contributed by atoms with Crippen molar-refractivity contribution in [2.75, 3.05) is 13.7 Å². The van der Waals surface area contributed by atoms with Crippen LogP contribution in [0.1, 0.15) is 62.5 Å². The van der Waals surface area contributed by atoms with Crippen molar-refractivity contribution in [3.8, 4) is 5.75 Å². The zero-order chi connectivity index (χ0) is 28.5. The van der Waals surface area contributed by atoms with Crippen LogP contribution in [0.5, 0.6) is 5.75 Å². The van der Waals surface area contributed by atoms with E-state index in [1.807, 2.05) is 42.5 Å². The molecule has 0 radical (unpaired) electrons. The molecule has 208 valence electrons. The van der Waals surface area contributed by atoms with Crippen LogP contribution in [-0.2, 0) is 27.8 Å². The van der Waals surface area contributed by atoms with Crippen LogP contribution < -0.4 is 4.74 Å². The second-order valence-electron chi connectivity index (χ2n) is 11.5. The Labute approximate surface area is 234 Å². The first-order valence-electron chi connectivity index (χ1n) is 13.7. The van der Waals surface area contributed by atoms with Gasteiger partial charge in [0, 0.05) is 25.4 Å². The minimum Gasteiger partial charge on any atom is -0.494 e. The van der Waals surface area contributed by atoms with Gasteiger partial charge < -0.3 is 14.5 Å². The number of imidazole rings is 1. The number of rotatable bonds is 7. The lowest BCUT2D eigenvalue weighted by molar-refractivity contribution is -0.131. The third-order valence-electron chi connectivity index (χ3n) is 7.55. The molecule has 5 rings (SSSR count). The molecule has 0 aliphatic carbocycles. The van der Waals surface area contributed by atoms with Gasteiger partial charge in [0.15, 0.2) is 0 Å². The van der Waals surface area contributed by atoms with Gasteiger partial charge >= 0.3 is 6.09 Å². The molecule has 2 atom stereocenters. The number of fused-ring (bicyclic) bond motifs is 1. The smallest absolute Gasteiger partial charge is 0.417 e. The number of carbonyl (C=O) groups is 2. The van der Waals surface area contributed by atoms with Gasteiger partial charge in [0.1, 0.15) is 22.7 Å². The monoisotopic (exact) mass is 540 g/mol. The van der Waals surface area contributed by atoms with E-state index in [4.69, 9.17) is 14.5 Å². The topological polar surface area (TPSA) is 97.4 Å². The van der Waals surface area contributed by atoms with E-state index < -0.39 is 17.1 Å². The molecule has 2 aromatic carbocycles. The second kappa shape index (κ2) is 10.8. The highest BCUT2D eigenvalue weighted by Crippen LogP contribution is 2.44. The highest BCUT2D eigenvalue weighted by Gasteiger charge is 2.52. The lowest BCUT2D eigenvalue weighted by Crippen LogP contribution is -2.44. The van der Waals surface area contributed by atoms with Crippen LogP contribution >= 0.6 is 0 Å². The SMILES string of the molecule is COc1ccc(C2(Cc3ccncc3)CCN(C(=O)OC(C)(C)C)C2=O)c2[nH]c(CC(C)c3ccccc3)nc12. The Balaban J connectivity index is 1.60. The zero-order valence-corrected chi connectivity index (χ0v) is 23.7. The summed E-state index contributed by atoms with van der Waals surface area (Å²) >= 11 is 0. The summed E-state index contributed by atoms with van der Waals surface area (Å²) in [5.41, 5.74) is 2.68. The van der Waals surface area contributed by atoms with Gasteiger partial charge in [-0.15, -0.1) is 0 Å². The number of pyridine rings is 1. The fraction of sp³-hybridized carbons (Fsp3) is 0.375. The van der Waals surface area contributed by atoms with Gasteiger partial charge in [-0.1, -0.05) is 43.3 Å². The first kappa shape index (κ1) is 27.4. The number of nitrogens with one attached hydrogen (secondary N) is 1. The van der Waals surface area contributed by atoms with Gasteiger partial charge in [0.05, 0.1) is 18.0 Å². The number of aromatic nitrogens is 3. The van der Waals surface area contributed by atoms with Crippen LogP contribution in [0, 0.1) is 0 Å². The van der Waals surface area contributed by atoms with Crippen molar-refractivity contribution in [1.29, 1.82) is 0 Å². The van der Waals surface area contributed by atoms with Crippen molar-refractivity contribution in [2.45, 2.75) is 63.9 Å². The van der Waals surface area contributed by atoms with Crippen LogP contribution in [0.3, 0.4) is 0 Å². The molecule has 2 aromatic heterocycles. The van der Waals surface area contributed by atoms with Crippen LogP contribution in [0.4, 0.5) is 4.79 Å². The van der Waals surface area contributed by atoms with E-state index in [1.165, 1.54) is 10.5 Å². The van der Waals surface area contributed by atoms with Crippen molar-refractivity contribution in [2.24, 2.45) is 0 Å². The maximum absolute atomic E-state index is 14.3. The normalized spacial score (nSPS) is 18.2. The molecular formula is C32H36N4O4. The summed E-state index contributed by atoms with van der Waals surface area (Å²) in [6.45, 7) is 7.82. The van der Waals surface area contributed by atoms with Crippen molar-refractivity contribution >= 4 is 23.0 Å². The summed E-state index contributed by atoms with van der Waals surface area (Å²) in [6, 6.07) is 17.9. The predicted octanol–water partition coefficient (Wildman–Crippen LogP) is 5.96. The molecule has 0 bridgehead atoms.